The van der Waals surface area contributed by atoms with Gasteiger partial charge >= 0.3 is 0 Å². The van der Waals surface area contributed by atoms with Crippen molar-refractivity contribution in [2.45, 2.75) is 38.6 Å². The summed E-state index contributed by atoms with van der Waals surface area (Å²) in [5, 5.41) is 2.93. The van der Waals surface area contributed by atoms with Gasteiger partial charge in [0, 0.05) is 45.1 Å². The molecule has 1 N–H and O–H groups in total. The Morgan fingerprint density at radius 1 is 1.00 bits per heavy atom. The Labute approximate surface area is 165 Å². The van der Waals surface area contributed by atoms with Gasteiger partial charge in [0.2, 0.25) is 0 Å². The van der Waals surface area contributed by atoms with E-state index in [1.807, 2.05) is 52.7 Å². The van der Waals surface area contributed by atoms with Crippen LogP contribution in [0, 0.1) is 0 Å². The molecule has 0 unspecified atom stereocenters. The van der Waals surface area contributed by atoms with Crippen LogP contribution < -0.4 is 10.2 Å². The summed E-state index contributed by atoms with van der Waals surface area (Å²) in [6.07, 6.45) is 4.90. The summed E-state index contributed by atoms with van der Waals surface area (Å²) in [4.78, 5) is 34.3. The second-order valence-corrected chi connectivity index (χ2v) is 7.73. The number of amides is 2. The number of carbonyl (C=O) groups is 2. The number of rotatable bonds is 4. The van der Waals surface area contributed by atoms with Crippen molar-refractivity contribution in [2.75, 3.05) is 37.4 Å². The van der Waals surface area contributed by atoms with Crippen LogP contribution in [0.25, 0.3) is 0 Å². The van der Waals surface area contributed by atoms with Crippen molar-refractivity contribution >= 4 is 23.2 Å². The lowest BCUT2D eigenvalue weighted by atomic mass is 10.1. The quantitative estimate of drug-likeness (QED) is 0.884. The molecule has 2 aromatic rings. The number of nitrogens with zero attached hydrogens (tertiary/aromatic N) is 4. The largest absolute Gasteiger partial charge is 0.378 e. The van der Waals surface area contributed by atoms with Crippen molar-refractivity contribution < 1.29 is 9.59 Å². The molecule has 3 heterocycles. The van der Waals surface area contributed by atoms with Crippen LogP contribution in [0.3, 0.4) is 0 Å². The highest BCUT2D eigenvalue weighted by Crippen LogP contribution is 2.24. The maximum Gasteiger partial charge on any atom is 0.291 e. The van der Waals surface area contributed by atoms with Gasteiger partial charge < -0.3 is 19.7 Å². The molecule has 4 rings (SSSR count). The molecule has 2 aliphatic heterocycles. The predicted molar refractivity (Wildman–Crippen MR) is 109 cm³/mol. The van der Waals surface area contributed by atoms with Gasteiger partial charge in [-0.15, -0.1) is 0 Å². The minimum Gasteiger partial charge on any atom is -0.378 e. The zero-order valence-electron chi connectivity index (χ0n) is 16.6. The van der Waals surface area contributed by atoms with Gasteiger partial charge in [-0.05, 0) is 56.4 Å². The van der Waals surface area contributed by atoms with E-state index in [2.05, 4.69) is 10.3 Å². The van der Waals surface area contributed by atoms with Crippen LogP contribution in [0.4, 0.5) is 11.4 Å². The Balaban J connectivity index is 1.59. The van der Waals surface area contributed by atoms with Crippen LogP contribution in [0.1, 0.15) is 52.5 Å². The third kappa shape index (κ3) is 3.48. The number of imidazole rings is 1. The lowest BCUT2D eigenvalue weighted by Crippen LogP contribution is -2.29. The Hall–Kier alpha value is -2.83. The molecule has 1 saturated heterocycles. The first-order valence-electron chi connectivity index (χ1n) is 10.0. The molecule has 1 aromatic heterocycles. The fourth-order valence-electron chi connectivity index (χ4n) is 3.99. The second-order valence-electron chi connectivity index (χ2n) is 7.73. The number of anilines is 2. The summed E-state index contributed by atoms with van der Waals surface area (Å²) in [7, 11) is 3.95. The van der Waals surface area contributed by atoms with E-state index in [0.29, 0.717) is 11.5 Å². The zero-order valence-corrected chi connectivity index (χ0v) is 16.6. The minimum absolute atomic E-state index is 0.0301. The van der Waals surface area contributed by atoms with Crippen molar-refractivity contribution in [3.63, 3.8) is 0 Å². The Morgan fingerprint density at radius 3 is 2.36 bits per heavy atom. The van der Waals surface area contributed by atoms with E-state index in [1.54, 1.807) is 0 Å². The van der Waals surface area contributed by atoms with Crippen LogP contribution in [-0.2, 0) is 13.0 Å². The van der Waals surface area contributed by atoms with Crippen molar-refractivity contribution in [3.05, 3.63) is 41.5 Å². The maximum absolute atomic E-state index is 12.9. The molecular weight excluding hydrogens is 354 g/mol. The van der Waals surface area contributed by atoms with Gasteiger partial charge in [0.25, 0.3) is 11.8 Å². The smallest absolute Gasteiger partial charge is 0.291 e. The summed E-state index contributed by atoms with van der Waals surface area (Å²) in [6.45, 7) is 2.30. The molecule has 7 nitrogen and oxygen atoms in total. The fourth-order valence-corrected chi connectivity index (χ4v) is 3.99. The first-order valence-corrected chi connectivity index (χ1v) is 10.0. The fraction of sp³-hybridized carbons (Fsp3) is 0.476. The van der Waals surface area contributed by atoms with Crippen molar-refractivity contribution in [1.82, 2.24) is 14.5 Å². The van der Waals surface area contributed by atoms with E-state index in [0.717, 1.165) is 68.8 Å². The number of nitrogens with one attached hydrogen (secondary N) is 1. The van der Waals surface area contributed by atoms with Crippen LogP contribution in [0.2, 0.25) is 0 Å². The average Bonchev–Trinajstić information content (AvgIpc) is 3.36. The summed E-state index contributed by atoms with van der Waals surface area (Å²) in [5.74, 6) is 0.0488. The first kappa shape index (κ1) is 18.5. The van der Waals surface area contributed by atoms with Crippen LogP contribution in [-0.4, -0.2) is 53.5 Å². The van der Waals surface area contributed by atoms with Gasteiger partial charge in [-0.25, -0.2) is 4.98 Å². The van der Waals surface area contributed by atoms with E-state index in [-0.39, 0.29) is 11.8 Å². The Bertz CT molecular complexity index is 879. The predicted octanol–water partition coefficient (Wildman–Crippen LogP) is 2.77. The molecule has 0 atom stereocenters. The highest BCUT2D eigenvalue weighted by molar-refractivity contribution is 6.03. The van der Waals surface area contributed by atoms with Crippen LogP contribution >= 0.6 is 0 Å². The highest BCUT2D eigenvalue weighted by Gasteiger charge is 2.30. The molecule has 0 spiro atoms. The number of likely N-dealkylation sites (tertiary alicyclic amines) is 1. The van der Waals surface area contributed by atoms with Gasteiger partial charge in [-0.3, -0.25) is 9.59 Å². The van der Waals surface area contributed by atoms with Gasteiger partial charge in [0.15, 0.2) is 5.82 Å². The second kappa shape index (κ2) is 7.66. The lowest BCUT2D eigenvalue weighted by molar-refractivity contribution is 0.0786. The van der Waals surface area contributed by atoms with E-state index in [9.17, 15) is 9.59 Å². The maximum atomic E-state index is 12.9. The van der Waals surface area contributed by atoms with Crippen LogP contribution in [0.15, 0.2) is 24.3 Å². The molecule has 148 valence electrons. The highest BCUT2D eigenvalue weighted by atomic mass is 16.2. The molecule has 2 aliphatic rings. The van der Waals surface area contributed by atoms with Crippen LogP contribution in [0.5, 0.6) is 0 Å². The van der Waals surface area contributed by atoms with Gasteiger partial charge in [-0.1, -0.05) is 0 Å². The Kier molecular flexibility index (Phi) is 5.07. The molecule has 2 amide bonds. The molecule has 1 fully saturated rings. The standard InChI is InChI=1S/C21H27N5O2/c1-24(2)16-10-8-15(9-11-16)22-20(27)19-23-18(17-7-3-4-14-26(17)19)21(28)25-12-5-6-13-25/h8-11H,3-7,12-14H2,1-2H3,(H,22,27). The average molecular weight is 381 g/mol. The number of hydrogen-bond acceptors (Lipinski definition) is 4. The minimum atomic E-state index is -0.263. The van der Waals surface area contributed by atoms with Gasteiger partial charge in [-0.2, -0.15) is 0 Å². The molecule has 0 saturated carbocycles. The first-order chi connectivity index (χ1) is 13.5. The van der Waals surface area contributed by atoms with Gasteiger partial charge in [0.1, 0.15) is 5.69 Å². The SMILES string of the molecule is CN(C)c1ccc(NC(=O)c2nc(C(=O)N3CCCC3)c3n2CCCC3)cc1. The molecule has 28 heavy (non-hydrogen) atoms. The summed E-state index contributed by atoms with van der Waals surface area (Å²) in [6, 6.07) is 7.67. The van der Waals surface area contributed by atoms with Crippen molar-refractivity contribution in [3.8, 4) is 0 Å². The van der Waals surface area contributed by atoms with Crippen molar-refractivity contribution in [1.29, 1.82) is 0 Å². The number of benzene rings is 1. The third-order valence-corrected chi connectivity index (χ3v) is 5.56. The molecule has 7 heteroatoms. The van der Waals surface area contributed by atoms with Crippen molar-refractivity contribution in [2.24, 2.45) is 0 Å². The monoisotopic (exact) mass is 381 g/mol. The number of fused-ring (bicyclic) bond motifs is 1. The van der Waals surface area contributed by atoms with E-state index in [4.69, 9.17) is 0 Å². The summed E-state index contributed by atoms with van der Waals surface area (Å²) < 4.78 is 1.94. The third-order valence-electron chi connectivity index (χ3n) is 5.56. The van der Waals surface area contributed by atoms with Gasteiger partial charge in [0.05, 0.1) is 5.69 Å². The molecule has 0 aliphatic carbocycles. The van der Waals surface area contributed by atoms with E-state index < -0.39 is 0 Å². The molecule has 1 aromatic carbocycles. The van der Waals surface area contributed by atoms with E-state index in [1.165, 1.54) is 0 Å². The zero-order chi connectivity index (χ0) is 19.7. The summed E-state index contributed by atoms with van der Waals surface area (Å²) >= 11 is 0. The summed E-state index contributed by atoms with van der Waals surface area (Å²) in [5.41, 5.74) is 3.16. The normalized spacial score (nSPS) is 16.0. The number of hydrogen-bond donors (Lipinski definition) is 1. The molecular formula is C21H27N5O2. The Morgan fingerprint density at radius 2 is 1.68 bits per heavy atom. The lowest BCUT2D eigenvalue weighted by Gasteiger charge is -2.19. The number of carbonyl (C=O) groups excluding carboxylic acids is 2. The molecule has 0 radical (unpaired) electrons. The van der Waals surface area contributed by atoms with E-state index >= 15 is 0 Å². The topological polar surface area (TPSA) is 70.5 Å². The molecule has 0 bridgehead atoms. The number of aromatic nitrogens is 2.